The summed E-state index contributed by atoms with van der Waals surface area (Å²) < 4.78 is 2.04. The molecule has 0 N–H and O–H groups in total. The molecular weight excluding hydrogens is 220 g/mol. The lowest BCUT2D eigenvalue weighted by Crippen LogP contribution is -1.89. The Balaban J connectivity index is 1.80. The second-order valence-electron chi connectivity index (χ2n) is 4.27. The van der Waals surface area contributed by atoms with Crippen LogP contribution in [0.15, 0.2) is 67.3 Å². The van der Waals surface area contributed by atoms with Gasteiger partial charge in [-0.25, -0.2) is 4.98 Å². The van der Waals surface area contributed by atoms with Crippen molar-refractivity contribution >= 4 is 16.8 Å². The minimum absolute atomic E-state index is 0.854. The van der Waals surface area contributed by atoms with Gasteiger partial charge in [0.15, 0.2) is 0 Å². The molecule has 0 saturated heterocycles. The number of allylic oxidation sites excluding steroid dienone is 1. The Hall–Kier alpha value is -2.35. The topological polar surface area (TPSA) is 17.8 Å². The van der Waals surface area contributed by atoms with Gasteiger partial charge in [-0.15, -0.1) is 0 Å². The lowest BCUT2D eigenvalue weighted by molar-refractivity contribution is 0.823. The first-order valence-corrected chi connectivity index (χ1v) is 6.03. The third-order valence-corrected chi connectivity index (χ3v) is 2.96. The molecule has 0 saturated carbocycles. The van der Waals surface area contributed by atoms with Crippen molar-refractivity contribution in [1.82, 2.24) is 9.55 Å². The molecule has 0 amide bonds. The Morgan fingerprint density at radius 1 is 1.06 bits per heavy atom. The molecule has 3 rings (SSSR count). The van der Waals surface area contributed by atoms with E-state index in [1.165, 1.54) is 16.3 Å². The summed E-state index contributed by atoms with van der Waals surface area (Å²) >= 11 is 0. The summed E-state index contributed by atoms with van der Waals surface area (Å²) in [5.41, 5.74) is 1.23. The van der Waals surface area contributed by atoms with Crippen LogP contribution < -0.4 is 0 Å². The molecule has 0 aliphatic rings. The van der Waals surface area contributed by atoms with E-state index in [2.05, 4.69) is 59.6 Å². The van der Waals surface area contributed by atoms with Gasteiger partial charge in [-0.1, -0.05) is 48.6 Å². The van der Waals surface area contributed by atoms with Crippen LogP contribution in [0.3, 0.4) is 0 Å². The first kappa shape index (κ1) is 10.8. The molecule has 3 aromatic rings. The van der Waals surface area contributed by atoms with E-state index in [0.29, 0.717) is 0 Å². The summed E-state index contributed by atoms with van der Waals surface area (Å²) in [5, 5.41) is 2.56. The van der Waals surface area contributed by atoms with E-state index >= 15 is 0 Å². The first-order chi connectivity index (χ1) is 8.92. The Bertz CT molecular complexity index is 666. The van der Waals surface area contributed by atoms with Crippen LogP contribution in [-0.4, -0.2) is 9.55 Å². The molecule has 0 aliphatic heterocycles. The van der Waals surface area contributed by atoms with Gasteiger partial charge >= 0.3 is 0 Å². The largest absolute Gasteiger partial charge is 0.334 e. The molecule has 0 spiro atoms. The van der Waals surface area contributed by atoms with Gasteiger partial charge in [0.1, 0.15) is 0 Å². The van der Waals surface area contributed by atoms with E-state index in [-0.39, 0.29) is 0 Å². The summed E-state index contributed by atoms with van der Waals surface area (Å²) in [6, 6.07) is 14.9. The maximum atomic E-state index is 4.02. The van der Waals surface area contributed by atoms with Crippen LogP contribution >= 0.6 is 0 Å². The van der Waals surface area contributed by atoms with Crippen molar-refractivity contribution < 1.29 is 0 Å². The normalized spacial score (nSPS) is 11.3. The number of fused-ring (bicyclic) bond motifs is 1. The molecule has 2 nitrogen and oxygen atoms in total. The summed E-state index contributed by atoms with van der Waals surface area (Å²) in [6.07, 6.45) is 9.87. The lowest BCUT2D eigenvalue weighted by Gasteiger charge is -1.99. The van der Waals surface area contributed by atoms with Crippen LogP contribution in [0, 0.1) is 0 Å². The Morgan fingerprint density at radius 2 is 1.94 bits per heavy atom. The fourth-order valence-corrected chi connectivity index (χ4v) is 2.02. The van der Waals surface area contributed by atoms with Gasteiger partial charge in [-0.05, 0) is 22.4 Å². The number of hydrogen-bond donors (Lipinski definition) is 0. The van der Waals surface area contributed by atoms with Crippen LogP contribution in [0.4, 0.5) is 0 Å². The van der Waals surface area contributed by atoms with Gasteiger partial charge < -0.3 is 4.57 Å². The zero-order valence-corrected chi connectivity index (χ0v) is 10.0. The van der Waals surface area contributed by atoms with Crippen LogP contribution in [0.2, 0.25) is 0 Å². The molecule has 0 fully saturated rings. The number of rotatable bonds is 3. The molecule has 88 valence electrons. The molecule has 0 unspecified atom stereocenters. The average molecular weight is 234 g/mol. The van der Waals surface area contributed by atoms with Crippen molar-refractivity contribution in [2.45, 2.75) is 6.54 Å². The minimum atomic E-state index is 0.854. The Morgan fingerprint density at radius 3 is 2.78 bits per heavy atom. The Kier molecular flexibility index (Phi) is 2.92. The highest BCUT2D eigenvalue weighted by atomic mass is 15.0. The van der Waals surface area contributed by atoms with Crippen molar-refractivity contribution in [1.29, 1.82) is 0 Å². The van der Waals surface area contributed by atoms with Crippen molar-refractivity contribution in [3.63, 3.8) is 0 Å². The lowest BCUT2D eigenvalue weighted by atomic mass is 10.1. The number of nitrogens with zero attached hydrogens (tertiary/aromatic N) is 2. The summed E-state index contributed by atoms with van der Waals surface area (Å²) in [6.45, 7) is 0.854. The molecule has 0 bridgehead atoms. The molecule has 2 aromatic carbocycles. The van der Waals surface area contributed by atoms with Crippen LogP contribution in [0.5, 0.6) is 0 Å². The highest BCUT2D eigenvalue weighted by molar-refractivity contribution is 5.84. The zero-order valence-electron chi connectivity index (χ0n) is 10.0. The maximum Gasteiger partial charge on any atom is 0.0948 e. The summed E-state index contributed by atoms with van der Waals surface area (Å²) in [7, 11) is 0. The van der Waals surface area contributed by atoms with Crippen molar-refractivity contribution in [2.24, 2.45) is 0 Å². The van der Waals surface area contributed by atoms with Gasteiger partial charge in [0, 0.05) is 18.9 Å². The SMILES string of the molecule is C(=Cc1ccc2ccccc2c1)Cn1ccnc1. The van der Waals surface area contributed by atoms with E-state index in [9.17, 15) is 0 Å². The van der Waals surface area contributed by atoms with E-state index in [0.717, 1.165) is 6.54 Å². The van der Waals surface area contributed by atoms with E-state index < -0.39 is 0 Å². The standard InChI is InChI=1S/C16H14N2/c1-2-6-16-12-14(7-8-15(16)5-1)4-3-10-18-11-9-17-13-18/h1-9,11-13H,10H2. The predicted octanol–water partition coefficient (Wildman–Crippen LogP) is 3.75. The minimum Gasteiger partial charge on any atom is -0.334 e. The van der Waals surface area contributed by atoms with Gasteiger partial charge in [-0.2, -0.15) is 0 Å². The fourth-order valence-electron chi connectivity index (χ4n) is 2.02. The van der Waals surface area contributed by atoms with Crippen molar-refractivity contribution in [3.05, 3.63) is 72.8 Å². The van der Waals surface area contributed by atoms with Gasteiger partial charge in [0.2, 0.25) is 0 Å². The number of benzene rings is 2. The molecule has 0 atom stereocenters. The third kappa shape index (κ3) is 2.33. The van der Waals surface area contributed by atoms with Crippen LogP contribution in [0.1, 0.15) is 5.56 Å². The molecule has 2 heteroatoms. The molecule has 18 heavy (non-hydrogen) atoms. The molecular formula is C16H14N2. The van der Waals surface area contributed by atoms with E-state index in [1.54, 1.807) is 6.20 Å². The van der Waals surface area contributed by atoms with E-state index in [4.69, 9.17) is 0 Å². The summed E-state index contributed by atoms with van der Waals surface area (Å²) in [5.74, 6) is 0. The van der Waals surface area contributed by atoms with E-state index in [1.807, 2.05) is 17.1 Å². The van der Waals surface area contributed by atoms with Crippen molar-refractivity contribution in [3.8, 4) is 0 Å². The van der Waals surface area contributed by atoms with Crippen molar-refractivity contribution in [2.75, 3.05) is 0 Å². The number of hydrogen-bond acceptors (Lipinski definition) is 1. The van der Waals surface area contributed by atoms with Crippen LogP contribution in [-0.2, 0) is 6.54 Å². The molecule has 0 radical (unpaired) electrons. The Labute approximate surface area is 106 Å². The van der Waals surface area contributed by atoms with Gasteiger partial charge in [-0.3, -0.25) is 0 Å². The molecule has 1 aromatic heterocycles. The van der Waals surface area contributed by atoms with Gasteiger partial charge in [0.05, 0.1) is 6.33 Å². The number of aromatic nitrogens is 2. The second kappa shape index (κ2) is 4.88. The average Bonchev–Trinajstić information content (AvgIpc) is 2.92. The quantitative estimate of drug-likeness (QED) is 0.675. The number of imidazole rings is 1. The third-order valence-electron chi connectivity index (χ3n) is 2.96. The second-order valence-corrected chi connectivity index (χ2v) is 4.27. The highest BCUT2D eigenvalue weighted by Gasteiger charge is 1.92. The fraction of sp³-hybridized carbons (Fsp3) is 0.0625. The summed E-state index contributed by atoms with van der Waals surface area (Å²) in [4.78, 5) is 4.02. The molecule has 0 aliphatic carbocycles. The molecule has 1 heterocycles. The maximum absolute atomic E-state index is 4.02. The first-order valence-electron chi connectivity index (χ1n) is 6.03. The predicted molar refractivity (Wildman–Crippen MR) is 75.2 cm³/mol. The van der Waals surface area contributed by atoms with Crippen LogP contribution in [0.25, 0.3) is 16.8 Å². The monoisotopic (exact) mass is 234 g/mol. The zero-order chi connectivity index (χ0) is 12.2. The smallest absolute Gasteiger partial charge is 0.0948 e. The van der Waals surface area contributed by atoms with Gasteiger partial charge in [0.25, 0.3) is 0 Å². The highest BCUT2D eigenvalue weighted by Crippen LogP contribution is 2.16.